The lowest BCUT2D eigenvalue weighted by atomic mass is 9.69. The van der Waals surface area contributed by atoms with E-state index >= 15 is 0 Å². The predicted molar refractivity (Wildman–Crippen MR) is 108 cm³/mol. The SMILES string of the molecule is CC1(C)OC(=O)C(=Cc2cc3c4c(c2)C(C)(C)CCN4CCC3(C)C)C(=O)O1. The van der Waals surface area contributed by atoms with E-state index in [9.17, 15) is 9.59 Å². The van der Waals surface area contributed by atoms with Crippen molar-refractivity contribution < 1.29 is 19.1 Å². The molecule has 4 rings (SSSR count). The first-order chi connectivity index (χ1) is 12.9. The van der Waals surface area contributed by atoms with Gasteiger partial charge in [0, 0.05) is 32.6 Å². The van der Waals surface area contributed by atoms with Crippen molar-refractivity contribution in [1.29, 1.82) is 0 Å². The van der Waals surface area contributed by atoms with Crippen molar-refractivity contribution in [2.45, 2.75) is 71.0 Å². The van der Waals surface area contributed by atoms with E-state index in [1.54, 1.807) is 19.9 Å². The Bertz CT molecular complexity index is 844. The zero-order valence-corrected chi connectivity index (χ0v) is 17.6. The second-order valence-corrected chi connectivity index (χ2v) is 9.96. The molecule has 3 aliphatic rings. The third-order valence-corrected chi connectivity index (χ3v) is 6.35. The molecule has 1 aromatic carbocycles. The van der Waals surface area contributed by atoms with Crippen LogP contribution >= 0.6 is 0 Å². The topological polar surface area (TPSA) is 55.8 Å². The van der Waals surface area contributed by atoms with Crippen LogP contribution in [0.2, 0.25) is 0 Å². The van der Waals surface area contributed by atoms with Crippen molar-refractivity contribution in [2.75, 3.05) is 18.0 Å². The summed E-state index contributed by atoms with van der Waals surface area (Å²) in [5.74, 6) is -2.49. The summed E-state index contributed by atoms with van der Waals surface area (Å²) < 4.78 is 10.5. The molecule has 0 amide bonds. The number of ether oxygens (including phenoxy) is 2. The first kappa shape index (κ1) is 19.0. The predicted octanol–water partition coefficient (Wildman–Crippen LogP) is 4.08. The molecular formula is C23H29NO4. The number of cyclic esters (lactones) is 2. The highest BCUT2D eigenvalue weighted by atomic mass is 16.7. The minimum atomic E-state index is -1.22. The van der Waals surface area contributed by atoms with Gasteiger partial charge in [0.1, 0.15) is 5.57 Å². The van der Waals surface area contributed by atoms with Crippen LogP contribution in [0.5, 0.6) is 0 Å². The number of carbonyl (C=O) groups excluding carboxylic acids is 2. The first-order valence-corrected chi connectivity index (χ1v) is 10.0. The van der Waals surface area contributed by atoms with E-state index in [2.05, 4.69) is 44.7 Å². The van der Waals surface area contributed by atoms with Crippen molar-refractivity contribution in [3.63, 3.8) is 0 Å². The standard InChI is InChI=1S/C23H29NO4/c1-21(2)7-9-24-10-8-22(3,4)17-13-14(12-16(21)18(17)24)11-15-19(25)27-23(5,6)28-20(15)26/h11-13H,7-10H2,1-6H3. The number of rotatable bonds is 1. The molecule has 0 aliphatic carbocycles. The molecule has 28 heavy (non-hydrogen) atoms. The van der Waals surface area contributed by atoms with Gasteiger partial charge in [0.05, 0.1) is 0 Å². The Kier molecular flexibility index (Phi) is 3.98. The fourth-order valence-corrected chi connectivity index (χ4v) is 4.49. The molecule has 1 fully saturated rings. The zero-order valence-electron chi connectivity index (χ0n) is 17.6. The molecule has 0 aromatic heterocycles. The lowest BCUT2D eigenvalue weighted by Gasteiger charge is -2.48. The smallest absolute Gasteiger partial charge is 0.348 e. The van der Waals surface area contributed by atoms with E-state index in [0.29, 0.717) is 0 Å². The van der Waals surface area contributed by atoms with Gasteiger partial charge >= 0.3 is 11.9 Å². The molecule has 3 aliphatic heterocycles. The summed E-state index contributed by atoms with van der Waals surface area (Å²) in [5, 5.41) is 0. The van der Waals surface area contributed by atoms with Gasteiger partial charge in [-0.15, -0.1) is 0 Å². The van der Waals surface area contributed by atoms with Crippen LogP contribution in [-0.2, 0) is 29.9 Å². The fourth-order valence-electron chi connectivity index (χ4n) is 4.49. The number of anilines is 1. The van der Waals surface area contributed by atoms with Crippen LogP contribution in [0.3, 0.4) is 0 Å². The van der Waals surface area contributed by atoms with Crippen molar-refractivity contribution in [3.05, 3.63) is 34.4 Å². The molecule has 0 bridgehead atoms. The summed E-state index contributed by atoms with van der Waals surface area (Å²) in [5.41, 5.74) is 4.79. The Hall–Kier alpha value is -2.30. The highest BCUT2D eigenvalue weighted by Crippen LogP contribution is 2.49. The minimum Gasteiger partial charge on any atom is -0.419 e. The molecule has 0 radical (unpaired) electrons. The largest absolute Gasteiger partial charge is 0.419 e. The molecule has 5 nitrogen and oxygen atoms in total. The summed E-state index contributed by atoms with van der Waals surface area (Å²) in [6.45, 7) is 14.3. The quantitative estimate of drug-likeness (QED) is 0.416. The average Bonchev–Trinajstić information content (AvgIpc) is 2.56. The number of esters is 2. The Balaban J connectivity index is 1.87. The number of benzene rings is 1. The molecule has 150 valence electrons. The molecule has 0 saturated carbocycles. The lowest BCUT2D eigenvalue weighted by Crippen LogP contribution is -2.44. The van der Waals surface area contributed by atoms with Crippen LogP contribution in [0, 0.1) is 0 Å². The van der Waals surface area contributed by atoms with Gasteiger partial charge in [-0.1, -0.05) is 27.7 Å². The van der Waals surface area contributed by atoms with Crippen molar-refractivity contribution in [3.8, 4) is 0 Å². The molecular weight excluding hydrogens is 354 g/mol. The summed E-state index contributed by atoms with van der Waals surface area (Å²) in [6, 6.07) is 4.25. The number of carbonyl (C=O) groups is 2. The second kappa shape index (κ2) is 5.85. The third-order valence-electron chi connectivity index (χ3n) is 6.35. The average molecular weight is 383 g/mol. The van der Waals surface area contributed by atoms with E-state index < -0.39 is 17.7 Å². The van der Waals surface area contributed by atoms with Crippen LogP contribution in [0.1, 0.15) is 71.1 Å². The zero-order chi connectivity index (χ0) is 20.5. The molecule has 3 heterocycles. The van der Waals surface area contributed by atoms with Gasteiger partial charge in [0.2, 0.25) is 0 Å². The van der Waals surface area contributed by atoms with Gasteiger partial charge in [-0.2, -0.15) is 0 Å². The van der Waals surface area contributed by atoms with Gasteiger partial charge < -0.3 is 14.4 Å². The van der Waals surface area contributed by atoms with Gasteiger partial charge in [-0.25, -0.2) is 9.59 Å². The molecule has 0 unspecified atom stereocenters. The Morgan fingerprint density at radius 1 is 0.857 bits per heavy atom. The van der Waals surface area contributed by atoms with Gasteiger partial charge in [-0.05, 0) is 58.6 Å². The molecule has 5 heteroatoms. The Morgan fingerprint density at radius 3 is 1.79 bits per heavy atom. The van der Waals surface area contributed by atoms with Crippen LogP contribution < -0.4 is 4.90 Å². The monoisotopic (exact) mass is 383 g/mol. The van der Waals surface area contributed by atoms with Crippen LogP contribution in [-0.4, -0.2) is 30.8 Å². The summed E-state index contributed by atoms with van der Waals surface area (Å²) >= 11 is 0. The fraction of sp³-hybridized carbons (Fsp3) is 0.565. The van der Waals surface area contributed by atoms with Crippen molar-refractivity contribution >= 4 is 23.7 Å². The van der Waals surface area contributed by atoms with E-state index in [1.165, 1.54) is 16.8 Å². The van der Waals surface area contributed by atoms with Gasteiger partial charge in [0.25, 0.3) is 5.79 Å². The lowest BCUT2D eigenvalue weighted by molar-refractivity contribution is -0.222. The minimum absolute atomic E-state index is 0.0398. The maximum absolute atomic E-state index is 12.4. The molecule has 0 spiro atoms. The Labute approximate surface area is 166 Å². The molecule has 0 N–H and O–H groups in total. The van der Waals surface area contributed by atoms with Crippen LogP contribution in [0.15, 0.2) is 17.7 Å². The van der Waals surface area contributed by atoms with Crippen LogP contribution in [0.4, 0.5) is 5.69 Å². The maximum Gasteiger partial charge on any atom is 0.348 e. The normalized spacial score (nSPS) is 24.2. The summed E-state index contributed by atoms with van der Waals surface area (Å²) in [4.78, 5) is 27.3. The van der Waals surface area contributed by atoms with Gasteiger partial charge in [-0.3, -0.25) is 0 Å². The number of nitrogens with zero attached hydrogens (tertiary/aromatic N) is 1. The summed E-state index contributed by atoms with van der Waals surface area (Å²) in [7, 11) is 0. The highest BCUT2D eigenvalue weighted by molar-refractivity contribution is 6.18. The number of hydrogen-bond acceptors (Lipinski definition) is 5. The van der Waals surface area contributed by atoms with E-state index in [0.717, 1.165) is 31.5 Å². The molecule has 1 aromatic rings. The van der Waals surface area contributed by atoms with Gasteiger partial charge in [0.15, 0.2) is 0 Å². The van der Waals surface area contributed by atoms with Crippen molar-refractivity contribution in [2.24, 2.45) is 0 Å². The van der Waals surface area contributed by atoms with E-state index in [-0.39, 0.29) is 16.4 Å². The second-order valence-electron chi connectivity index (χ2n) is 9.96. The first-order valence-electron chi connectivity index (χ1n) is 10.0. The van der Waals surface area contributed by atoms with E-state index in [1.807, 2.05) is 0 Å². The number of hydrogen-bond donors (Lipinski definition) is 0. The highest BCUT2D eigenvalue weighted by Gasteiger charge is 2.41. The summed E-state index contributed by atoms with van der Waals surface area (Å²) in [6.07, 6.45) is 3.78. The Morgan fingerprint density at radius 2 is 1.32 bits per heavy atom. The molecule has 0 atom stereocenters. The van der Waals surface area contributed by atoms with E-state index in [4.69, 9.17) is 9.47 Å². The van der Waals surface area contributed by atoms with Crippen molar-refractivity contribution in [1.82, 2.24) is 0 Å². The third kappa shape index (κ3) is 3.01. The molecule has 1 saturated heterocycles. The van der Waals surface area contributed by atoms with Crippen LogP contribution in [0.25, 0.3) is 6.08 Å². The maximum atomic E-state index is 12.4.